The maximum absolute atomic E-state index is 12.9. The zero-order valence-corrected chi connectivity index (χ0v) is 20.2. The molecule has 2 N–H and O–H groups in total. The van der Waals surface area contributed by atoms with E-state index in [9.17, 15) is 13.2 Å². The van der Waals surface area contributed by atoms with E-state index in [4.69, 9.17) is 27.3 Å². The molecule has 184 valence electrons. The van der Waals surface area contributed by atoms with Crippen LogP contribution in [0.15, 0.2) is 73.1 Å². The average Bonchev–Trinajstić information content (AvgIpc) is 3.28. The van der Waals surface area contributed by atoms with E-state index >= 15 is 0 Å². The maximum atomic E-state index is 12.9. The lowest BCUT2D eigenvalue weighted by Gasteiger charge is -2.11. The molecule has 0 fully saturated rings. The van der Waals surface area contributed by atoms with E-state index in [1.165, 1.54) is 6.07 Å². The highest BCUT2D eigenvalue weighted by atomic mass is 35.5. The van der Waals surface area contributed by atoms with Gasteiger partial charge < -0.3 is 5.73 Å². The molecule has 4 heterocycles. The summed E-state index contributed by atoms with van der Waals surface area (Å²) in [6, 6.07) is 16.8. The van der Waals surface area contributed by atoms with Crippen molar-refractivity contribution in [3.05, 3.63) is 84.2 Å². The number of aromatic nitrogens is 5. The summed E-state index contributed by atoms with van der Waals surface area (Å²) < 4.78 is 40.6. The van der Waals surface area contributed by atoms with Gasteiger partial charge in [-0.3, -0.25) is 9.55 Å². The monoisotopic (exact) mass is 510 g/mol. The Morgan fingerprint density at radius 3 is 2.22 bits per heavy atom. The third kappa shape index (κ3) is 4.87. The molecule has 0 unspecified atom stereocenters. The number of fused-ring (bicyclic) bond motifs is 1. The summed E-state index contributed by atoms with van der Waals surface area (Å²) in [5, 5.41) is 0. The molecule has 0 saturated heterocycles. The lowest BCUT2D eigenvalue weighted by Crippen LogP contribution is -2.05. The average molecular weight is 511 g/mol. The molecule has 0 aliphatic carbocycles. The Morgan fingerprint density at radius 2 is 1.61 bits per heavy atom. The van der Waals surface area contributed by atoms with E-state index in [1.54, 1.807) is 24.4 Å². The summed E-state index contributed by atoms with van der Waals surface area (Å²) in [4.78, 5) is 17.6. The zero-order chi connectivity index (χ0) is 25.9. The van der Waals surface area contributed by atoms with Gasteiger partial charge in [0.25, 0.3) is 0 Å². The molecule has 0 bridgehead atoms. The van der Waals surface area contributed by atoms with Crippen LogP contribution in [0.25, 0.3) is 39.6 Å². The van der Waals surface area contributed by atoms with Gasteiger partial charge in [0.15, 0.2) is 11.5 Å². The minimum atomic E-state index is -4.46. The minimum absolute atomic E-state index is 0.307. The third-order valence-corrected chi connectivity index (χ3v) is 5.59. The highest BCUT2D eigenvalue weighted by Crippen LogP contribution is 2.33. The number of hydrogen-bond acceptors (Lipinski definition) is 5. The van der Waals surface area contributed by atoms with E-state index in [1.807, 2.05) is 48.7 Å². The van der Waals surface area contributed by atoms with Crippen LogP contribution in [0.3, 0.4) is 0 Å². The van der Waals surface area contributed by atoms with Gasteiger partial charge in [-0.1, -0.05) is 26.0 Å². The number of alkyl halides is 4. The molecule has 10 heteroatoms. The van der Waals surface area contributed by atoms with E-state index in [-0.39, 0.29) is 0 Å². The van der Waals surface area contributed by atoms with Gasteiger partial charge in [0.2, 0.25) is 0 Å². The summed E-state index contributed by atoms with van der Waals surface area (Å²) in [6.07, 6.45) is -2.08. The highest BCUT2D eigenvalue weighted by molar-refractivity contribution is 6.17. The molecule has 4 aromatic heterocycles. The molecule has 5 aromatic rings. The van der Waals surface area contributed by atoms with Crippen molar-refractivity contribution >= 4 is 28.6 Å². The topological polar surface area (TPSA) is 82.5 Å². The molecule has 0 radical (unpaired) electrons. The van der Waals surface area contributed by atoms with Crippen molar-refractivity contribution < 1.29 is 13.2 Å². The second-order valence-electron chi connectivity index (χ2n) is 7.48. The summed E-state index contributed by atoms with van der Waals surface area (Å²) in [6.45, 7) is 4.00. The van der Waals surface area contributed by atoms with E-state index in [0.717, 1.165) is 23.5 Å². The fraction of sp³-hybridized carbons (Fsp3) is 0.154. The number of rotatable bonds is 4. The molecule has 0 amide bonds. The fourth-order valence-electron chi connectivity index (χ4n) is 3.58. The first-order valence-electron chi connectivity index (χ1n) is 11.1. The summed E-state index contributed by atoms with van der Waals surface area (Å²) >= 11 is 5.94. The third-order valence-electron chi connectivity index (χ3n) is 5.29. The number of halogens is 4. The predicted molar refractivity (Wildman–Crippen MR) is 136 cm³/mol. The molecule has 0 aliphatic rings. The van der Waals surface area contributed by atoms with E-state index in [0.29, 0.717) is 45.6 Å². The molecule has 6 nitrogen and oxygen atoms in total. The van der Waals surface area contributed by atoms with Gasteiger partial charge in [-0.05, 0) is 54.1 Å². The highest BCUT2D eigenvalue weighted by Gasteiger charge is 2.30. The SMILES string of the molecule is CC.Nc1ncccc1-c1nc2ccc(-c3ccc(C(F)(F)F)cn3)nc2n1-c1ccc(CCl)cc1. The Hall–Kier alpha value is -3.98. The lowest BCUT2D eigenvalue weighted by atomic mass is 10.2. The van der Waals surface area contributed by atoms with Gasteiger partial charge in [0.05, 0.1) is 22.5 Å². The largest absolute Gasteiger partial charge is 0.417 e. The number of benzene rings is 1. The molecular weight excluding hydrogens is 489 g/mol. The van der Waals surface area contributed by atoms with Crippen LogP contribution in [0.1, 0.15) is 25.0 Å². The fourth-order valence-corrected chi connectivity index (χ4v) is 3.76. The number of nitrogens with zero attached hydrogens (tertiary/aromatic N) is 5. The van der Waals surface area contributed by atoms with Crippen LogP contribution in [-0.2, 0) is 12.1 Å². The number of hydrogen-bond donors (Lipinski definition) is 1. The van der Waals surface area contributed by atoms with Crippen molar-refractivity contribution in [3.63, 3.8) is 0 Å². The number of imidazole rings is 1. The molecule has 1 aromatic carbocycles. The Kier molecular flexibility index (Phi) is 7.21. The first-order valence-corrected chi connectivity index (χ1v) is 11.7. The normalized spacial score (nSPS) is 11.3. The van der Waals surface area contributed by atoms with Gasteiger partial charge in [-0.2, -0.15) is 13.2 Å². The Labute approximate surface area is 210 Å². The van der Waals surface area contributed by atoms with Crippen LogP contribution in [0.5, 0.6) is 0 Å². The second-order valence-corrected chi connectivity index (χ2v) is 7.74. The van der Waals surface area contributed by atoms with Crippen molar-refractivity contribution in [3.8, 4) is 28.5 Å². The van der Waals surface area contributed by atoms with Gasteiger partial charge in [0, 0.05) is 24.0 Å². The quantitative estimate of drug-likeness (QED) is 0.266. The Bertz CT molecular complexity index is 1480. The molecule has 0 aliphatic heterocycles. The minimum Gasteiger partial charge on any atom is -0.383 e. The van der Waals surface area contributed by atoms with Crippen LogP contribution < -0.4 is 5.73 Å². The zero-order valence-electron chi connectivity index (χ0n) is 19.5. The van der Waals surface area contributed by atoms with Gasteiger partial charge in [0.1, 0.15) is 11.3 Å². The Morgan fingerprint density at radius 1 is 0.889 bits per heavy atom. The number of nitrogen functional groups attached to an aromatic ring is 1. The van der Waals surface area contributed by atoms with Gasteiger partial charge >= 0.3 is 6.18 Å². The van der Waals surface area contributed by atoms with E-state index in [2.05, 4.69) is 9.97 Å². The van der Waals surface area contributed by atoms with Crippen LogP contribution in [-0.4, -0.2) is 24.5 Å². The van der Waals surface area contributed by atoms with Crippen molar-refractivity contribution in [1.82, 2.24) is 24.5 Å². The second kappa shape index (κ2) is 10.3. The molecule has 36 heavy (non-hydrogen) atoms. The van der Waals surface area contributed by atoms with Crippen LogP contribution in [0.2, 0.25) is 0 Å². The summed E-state index contributed by atoms with van der Waals surface area (Å²) in [7, 11) is 0. The molecular formula is C26H22ClF3N6. The van der Waals surface area contributed by atoms with Crippen molar-refractivity contribution in [2.75, 3.05) is 5.73 Å². The van der Waals surface area contributed by atoms with Gasteiger partial charge in [-0.25, -0.2) is 15.0 Å². The molecule has 5 rings (SSSR count). The Balaban J connectivity index is 0.00000148. The number of pyridine rings is 3. The maximum Gasteiger partial charge on any atom is 0.417 e. The van der Waals surface area contributed by atoms with Gasteiger partial charge in [-0.15, -0.1) is 11.6 Å². The standard InChI is InChI=1S/C24H16ClF3N6.C2H6/c25-12-14-3-6-16(7-4-14)34-22(17-2-1-11-30-21(17)29)33-20-10-9-19(32-23(20)34)18-8-5-15(13-31-18)24(26,27)28;1-2/h1-11,13H,12H2,(H2,29,30);1-2H3. The summed E-state index contributed by atoms with van der Waals surface area (Å²) in [5.74, 6) is 1.21. The number of anilines is 1. The smallest absolute Gasteiger partial charge is 0.383 e. The predicted octanol–water partition coefficient (Wildman–Crippen LogP) is 6.91. The number of nitrogens with two attached hydrogens (primary N) is 1. The summed E-state index contributed by atoms with van der Waals surface area (Å²) in [5.41, 5.74) is 9.43. The van der Waals surface area contributed by atoms with Crippen molar-refractivity contribution in [1.29, 1.82) is 0 Å². The van der Waals surface area contributed by atoms with Crippen LogP contribution in [0.4, 0.5) is 19.0 Å². The first-order chi connectivity index (χ1) is 17.3. The molecule has 0 saturated carbocycles. The van der Waals surface area contributed by atoms with Crippen molar-refractivity contribution in [2.24, 2.45) is 0 Å². The lowest BCUT2D eigenvalue weighted by molar-refractivity contribution is -0.137. The van der Waals surface area contributed by atoms with Crippen LogP contribution in [0, 0.1) is 0 Å². The molecule has 0 atom stereocenters. The molecule has 0 spiro atoms. The first kappa shape index (κ1) is 25.1. The van der Waals surface area contributed by atoms with Crippen molar-refractivity contribution in [2.45, 2.75) is 25.9 Å². The van der Waals surface area contributed by atoms with E-state index < -0.39 is 11.7 Å². The van der Waals surface area contributed by atoms with Crippen LogP contribution >= 0.6 is 11.6 Å².